The van der Waals surface area contributed by atoms with Crippen LogP contribution in [0.15, 0.2) is 42.0 Å². The topological polar surface area (TPSA) is 80.3 Å². The van der Waals surface area contributed by atoms with Crippen LogP contribution in [0, 0.1) is 22.7 Å². The van der Waals surface area contributed by atoms with Crippen molar-refractivity contribution in [3.63, 3.8) is 0 Å². The summed E-state index contributed by atoms with van der Waals surface area (Å²) in [6, 6.07) is 16.0. The zero-order valence-electron chi connectivity index (χ0n) is 14.5. The average Bonchev–Trinajstić information content (AvgIpc) is 2.65. The Kier molecular flexibility index (Phi) is 6.54. The fourth-order valence-electron chi connectivity index (χ4n) is 2.54. The molecule has 1 N–H and O–H groups in total. The third kappa shape index (κ3) is 4.58. The maximum atomic E-state index is 9.01. The molecule has 0 amide bonds. The second-order valence-corrected chi connectivity index (χ2v) is 5.73. The van der Waals surface area contributed by atoms with E-state index >= 15 is 0 Å². The molecule has 0 heterocycles. The normalized spacial score (nSPS) is 10.1. The number of benzene rings is 2. The van der Waals surface area contributed by atoms with Gasteiger partial charge >= 0.3 is 0 Å². The molecule has 0 saturated heterocycles. The zero-order valence-corrected chi connectivity index (χ0v) is 14.5. The molecular formula is C20H21N3O2. The molecule has 25 heavy (non-hydrogen) atoms. The van der Waals surface area contributed by atoms with Gasteiger partial charge in [-0.1, -0.05) is 18.2 Å². The fourth-order valence-corrected chi connectivity index (χ4v) is 2.54. The van der Waals surface area contributed by atoms with E-state index in [0.717, 1.165) is 28.6 Å². The van der Waals surface area contributed by atoms with Crippen molar-refractivity contribution in [2.45, 2.75) is 6.92 Å². The first kappa shape index (κ1) is 18.5. The van der Waals surface area contributed by atoms with Crippen LogP contribution in [0.25, 0.3) is 16.3 Å². The fraction of sp³-hybridized carbons (Fsp3) is 0.300. The van der Waals surface area contributed by atoms with Gasteiger partial charge in [-0.15, -0.1) is 0 Å². The van der Waals surface area contributed by atoms with Gasteiger partial charge in [-0.3, -0.25) is 0 Å². The lowest BCUT2D eigenvalue weighted by Gasteiger charge is -2.20. The molecule has 0 atom stereocenters. The van der Waals surface area contributed by atoms with E-state index in [-0.39, 0.29) is 12.2 Å². The molecule has 2 aromatic carbocycles. The number of allylic oxidation sites excluding steroid dienone is 2. The first-order valence-corrected chi connectivity index (χ1v) is 8.05. The quantitative estimate of drug-likeness (QED) is 0.621. The van der Waals surface area contributed by atoms with Gasteiger partial charge in [0.25, 0.3) is 0 Å². The van der Waals surface area contributed by atoms with Crippen molar-refractivity contribution < 1.29 is 9.84 Å². The van der Waals surface area contributed by atoms with Crippen molar-refractivity contribution in [2.75, 3.05) is 38.3 Å². The molecule has 5 nitrogen and oxygen atoms in total. The third-order valence-electron chi connectivity index (χ3n) is 4.10. The Morgan fingerprint density at radius 2 is 1.76 bits per heavy atom. The van der Waals surface area contributed by atoms with Crippen LogP contribution in [0.3, 0.4) is 0 Å². The second kappa shape index (κ2) is 8.84. The van der Waals surface area contributed by atoms with Crippen molar-refractivity contribution in [3.05, 3.63) is 47.5 Å². The van der Waals surface area contributed by atoms with Gasteiger partial charge in [0.1, 0.15) is 17.7 Å². The largest absolute Gasteiger partial charge is 0.394 e. The van der Waals surface area contributed by atoms with Crippen LogP contribution in [-0.2, 0) is 4.74 Å². The molecule has 0 aliphatic rings. The smallest absolute Gasteiger partial charge is 0.133 e. The van der Waals surface area contributed by atoms with Crippen LogP contribution in [0.1, 0.15) is 12.5 Å². The molecule has 0 fully saturated rings. The number of nitriles is 2. The maximum Gasteiger partial charge on any atom is 0.133 e. The summed E-state index contributed by atoms with van der Waals surface area (Å²) in [6.07, 6.45) is 0. The van der Waals surface area contributed by atoms with Crippen molar-refractivity contribution in [2.24, 2.45) is 0 Å². The zero-order chi connectivity index (χ0) is 18.2. The van der Waals surface area contributed by atoms with E-state index in [0.29, 0.717) is 18.8 Å². The van der Waals surface area contributed by atoms with Crippen molar-refractivity contribution in [3.8, 4) is 12.1 Å². The van der Waals surface area contributed by atoms with Crippen LogP contribution in [-0.4, -0.2) is 38.5 Å². The molecule has 128 valence electrons. The molecule has 0 unspecified atom stereocenters. The van der Waals surface area contributed by atoms with Gasteiger partial charge in [0.15, 0.2) is 0 Å². The molecule has 2 rings (SSSR count). The highest BCUT2D eigenvalue weighted by molar-refractivity contribution is 5.89. The maximum absolute atomic E-state index is 9.01. The van der Waals surface area contributed by atoms with Gasteiger partial charge in [0.05, 0.1) is 19.8 Å². The number of fused-ring (bicyclic) bond motifs is 1. The van der Waals surface area contributed by atoms with E-state index in [9.17, 15) is 0 Å². The van der Waals surface area contributed by atoms with Crippen molar-refractivity contribution in [1.82, 2.24) is 0 Å². The molecule has 0 bridgehead atoms. The predicted molar refractivity (Wildman–Crippen MR) is 98.9 cm³/mol. The van der Waals surface area contributed by atoms with E-state index in [1.54, 1.807) is 6.92 Å². The van der Waals surface area contributed by atoms with Crippen LogP contribution >= 0.6 is 0 Å². The van der Waals surface area contributed by atoms with Crippen LogP contribution in [0.2, 0.25) is 0 Å². The summed E-state index contributed by atoms with van der Waals surface area (Å²) in [6.45, 7) is 3.48. The lowest BCUT2D eigenvalue weighted by atomic mass is 9.99. The molecule has 0 saturated carbocycles. The lowest BCUT2D eigenvalue weighted by Crippen LogP contribution is -2.23. The number of aliphatic hydroxyl groups excluding tert-OH is 1. The van der Waals surface area contributed by atoms with Gasteiger partial charge in [0, 0.05) is 19.3 Å². The standard InChI is InChI=1S/C20H21N3O2/c1-15(19(13-21)14-22)16-3-4-18-12-20(6-5-17(18)11-16)23(2)7-9-25-10-8-24/h3-6,11-12,24H,7-10H2,1-2H3. The molecule has 0 radical (unpaired) electrons. The number of anilines is 1. The highest BCUT2D eigenvalue weighted by Crippen LogP contribution is 2.26. The minimum atomic E-state index is 0.0369. The summed E-state index contributed by atoms with van der Waals surface area (Å²) >= 11 is 0. The van der Waals surface area contributed by atoms with E-state index in [4.69, 9.17) is 20.4 Å². The Labute approximate surface area is 148 Å². The first-order valence-electron chi connectivity index (χ1n) is 8.05. The molecule has 2 aromatic rings. The van der Waals surface area contributed by atoms with Gasteiger partial charge in [0.2, 0.25) is 0 Å². The Morgan fingerprint density at radius 3 is 2.44 bits per heavy atom. The SMILES string of the molecule is CC(=C(C#N)C#N)c1ccc2cc(N(C)CCOCCO)ccc2c1. The third-order valence-corrected chi connectivity index (χ3v) is 4.10. The number of likely N-dealkylation sites (N-methyl/N-ethyl adjacent to an activating group) is 1. The summed E-state index contributed by atoms with van der Waals surface area (Å²) in [4.78, 5) is 2.10. The first-order chi connectivity index (χ1) is 12.1. The number of nitrogens with zero attached hydrogens (tertiary/aromatic N) is 3. The minimum Gasteiger partial charge on any atom is -0.394 e. The van der Waals surface area contributed by atoms with Crippen molar-refractivity contribution >= 4 is 22.0 Å². The van der Waals surface area contributed by atoms with Crippen LogP contribution in [0.5, 0.6) is 0 Å². The van der Waals surface area contributed by atoms with Crippen molar-refractivity contribution in [1.29, 1.82) is 10.5 Å². The Hall–Kier alpha value is -2.86. The van der Waals surface area contributed by atoms with E-state index in [2.05, 4.69) is 11.0 Å². The Bertz CT molecular complexity index is 843. The van der Waals surface area contributed by atoms with Gasteiger partial charge in [-0.05, 0) is 47.0 Å². The Morgan fingerprint density at radius 1 is 1.08 bits per heavy atom. The predicted octanol–water partition coefficient (Wildman–Crippen LogP) is 3.11. The molecule has 0 spiro atoms. The highest BCUT2D eigenvalue weighted by Gasteiger charge is 2.07. The summed E-state index contributed by atoms with van der Waals surface area (Å²) < 4.78 is 5.30. The molecule has 0 aromatic heterocycles. The molecule has 0 aliphatic heterocycles. The van der Waals surface area contributed by atoms with E-state index in [1.807, 2.05) is 49.5 Å². The lowest BCUT2D eigenvalue weighted by molar-refractivity contribution is 0.0971. The number of aliphatic hydroxyl groups is 1. The van der Waals surface area contributed by atoms with Gasteiger partial charge < -0.3 is 14.7 Å². The number of hydrogen-bond donors (Lipinski definition) is 1. The minimum absolute atomic E-state index is 0.0369. The monoisotopic (exact) mass is 335 g/mol. The van der Waals surface area contributed by atoms with Crippen LogP contribution < -0.4 is 4.90 Å². The van der Waals surface area contributed by atoms with Gasteiger partial charge in [-0.2, -0.15) is 10.5 Å². The summed E-state index contributed by atoms with van der Waals surface area (Å²) in [5, 5.41) is 28.9. The van der Waals surface area contributed by atoms with E-state index in [1.165, 1.54) is 0 Å². The Balaban J connectivity index is 2.23. The molecular weight excluding hydrogens is 314 g/mol. The van der Waals surface area contributed by atoms with Gasteiger partial charge in [-0.25, -0.2) is 0 Å². The van der Waals surface area contributed by atoms with E-state index < -0.39 is 0 Å². The summed E-state index contributed by atoms with van der Waals surface area (Å²) in [5.74, 6) is 0. The number of ether oxygens (including phenoxy) is 1. The summed E-state index contributed by atoms with van der Waals surface area (Å²) in [5.41, 5.74) is 2.78. The van der Waals surface area contributed by atoms with Crippen LogP contribution in [0.4, 0.5) is 5.69 Å². The second-order valence-electron chi connectivity index (χ2n) is 5.73. The molecule has 0 aliphatic carbocycles. The number of rotatable bonds is 7. The average molecular weight is 335 g/mol. The molecule has 5 heteroatoms. The summed E-state index contributed by atoms with van der Waals surface area (Å²) in [7, 11) is 2.00. The highest BCUT2D eigenvalue weighted by atomic mass is 16.5. The number of hydrogen-bond acceptors (Lipinski definition) is 5.